The predicted molar refractivity (Wildman–Crippen MR) is 84.0 cm³/mol. The second kappa shape index (κ2) is 7.35. The Morgan fingerprint density at radius 1 is 1.33 bits per heavy atom. The van der Waals surface area contributed by atoms with Gasteiger partial charge in [-0.25, -0.2) is 4.79 Å². The minimum absolute atomic E-state index is 0.0122. The molecule has 0 atom stereocenters. The largest absolute Gasteiger partial charge is 0.507 e. The molecule has 2 rings (SSSR count). The number of aliphatic carboxylic acids is 1. The number of methoxy groups -OCH3 is 1. The Kier molecular flexibility index (Phi) is 5.46. The van der Waals surface area contributed by atoms with Crippen LogP contribution < -0.4 is 4.74 Å². The van der Waals surface area contributed by atoms with Gasteiger partial charge in [-0.2, -0.15) is 0 Å². The molecule has 0 saturated carbocycles. The standard InChI is InChI=1S/C17H20O7/c1-9(4-6-13(19)20)3-5-10-15(21)14-12(8-24-17(14)22)11(7-18)16(10)23-2/h3,18,21H,4-8H2,1-2H3,(H,19,20). The molecule has 130 valence electrons. The fourth-order valence-electron chi connectivity index (χ4n) is 2.75. The van der Waals surface area contributed by atoms with E-state index in [1.807, 2.05) is 0 Å². The van der Waals surface area contributed by atoms with Crippen LogP contribution in [-0.4, -0.2) is 34.4 Å². The van der Waals surface area contributed by atoms with Gasteiger partial charge >= 0.3 is 11.9 Å². The zero-order valence-electron chi connectivity index (χ0n) is 13.6. The van der Waals surface area contributed by atoms with Crippen molar-refractivity contribution in [3.8, 4) is 11.5 Å². The number of benzene rings is 1. The number of esters is 1. The third kappa shape index (κ3) is 3.35. The summed E-state index contributed by atoms with van der Waals surface area (Å²) >= 11 is 0. The quantitative estimate of drug-likeness (QED) is 0.515. The molecule has 1 aliphatic heterocycles. The van der Waals surface area contributed by atoms with Crippen molar-refractivity contribution in [3.05, 3.63) is 33.9 Å². The molecule has 0 radical (unpaired) electrons. The van der Waals surface area contributed by atoms with Gasteiger partial charge in [0, 0.05) is 23.1 Å². The zero-order valence-corrected chi connectivity index (χ0v) is 13.6. The van der Waals surface area contributed by atoms with Gasteiger partial charge in [0.1, 0.15) is 23.7 Å². The molecule has 0 aliphatic carbocycles. The van der Waals surface area contributed by atoms with Crippen LogP contribution in [0.15, 0.2) is 11.6 Å². The fraction of sp³-hybridized carbons (Fsp3) is 0.412. The molecule has 0 aromatic heterocycles. The number of ether oxygens (including phenoxy) is 2. The number of hydrogen-bond donors (Lipinski definition) is 3. The van der Waals surface area contributed by atoms with E-state index in [4.69, 9.17) is 14.6 Å². The van der Waals surface area contributed by atoms with Gasteiger partial charge in [-0.05, 0) is 19.8 Å². The van der Waals surface area contributed by atoms with E-state index >= 15 is 0 Å². The van der Waals surface area contributed by atoms with Crippen LogP contribution in [0.5, 0.6) is 11.5 Å². The number of carbonyl (C=O) groups is 2. The molecule has 1 aliphatic rings. The summed E-state index contributed by atoms with van der Waals surface area (Å²) in [5.74, 6) is -1.42. The third-order valence-corrected chi connectivity index (χ3v) is 4.04. The van der Waals surface area contributed by atoms with Crippen molar-refractivity contribution < 1.29 is 34.4 Å². The average molecular weight is 336 g/mol. The van der Waals surface area contributed by atoms with Crippen molar-refractivity contribution in [1.29, 1.82) is 0 Å². The molecule has 0 fully saturated rings. The lowest BCUT2D eigenvalue weighted by Crippen LogP contribution is -2.05. The maximum Gasteiger partial charge on any atom is 0.342 e. The number of aliphatic hydroxyl groups excluding tert-OH is 1. The summed E-state index contributed by atoms with van der Waals surface area (Å²) in [7, 11) is 1.42. The van der Waals surface area contributed by atoms with Crippen LogP contribution in [0.2, 0.25) is 0 Å². The van der Waals surface area contributed by atoms with Gasteiger partial charge in [0.25, 0.3) is 0 Å². The maximum absolute atomic E-state index is 11.8. The number of aliphatic hydroxyl groups is 1. The molecular weight excluding hydrogens is 316 g/mol. The second-order valence-corrected chi connectivity index (χ2v) is 5.58. The number of aromatic hydroxyl groups is 1. The molecule has 0 amide bonds. The van der Waals surface area contributed by atoms with E-state index in [2.05, 4.69) is 0 Å². The highest BCUT2D eigenvalue weighted by Crippen LogP contribution is 2.42. The molecule has 1 heterocycles. The SMILES string of the molecule is COc1c(CC=C(C)CCC(=O)O)c(O)c2c(c1CO)COC2=O. The molecule has 1 aromatic rings. The van der Waals surface area contributed by atoms with Crippen molar-refractivity contribution in [2.75, 3.05) is 7.11 Å². The van der Waals surface area contributed by atoms with Crippen LogP contribution >= 0.6 is 0 Å². The number of cyclic esters (lactones) is 1. The Bertz CT molecular complexity index is 704. The molecule has 0 unspecified atom stereocenters. The molecule has 24 heavy (non-hydrogen) atoms. The lowest BCUT2D eigenvalue weighted by Gasteiger charge is -2.16. The number of fused-ring (bicyclic) bond motifs is 1. The summed E-state index contributed by atoms with van der Waals surface area (Å²) in [4.78, 5) is 22.5. The third-order valence-electron chi connectivity index (χ3n) is 4.04. The zero-order chi connectivity index (χ0) is 17.9. The number of phenolic OH excluding ortho intramolecular Hbond substituents is 1. The molecule has 1 aromatic carbocycles. The van der Waals surface area contributed by atoms with Crippen molar-refractivity contribution in [2.45, 2.75) is 39.4 Å². The summed E-state index contributed by atoms with van der Waals surface area (Å²) < 4.78 is 10.3. The number of allylic oxidation sites excluding steroid dienone is 2. The molecular formula is C17H20O7. The van der Waals surface area contributed by atoms with Crippen LogP contribution in [0.1, 0.15) is 46.8 Å². The molecule has 0 spiro atoms. The van der Waals surface area contributed by atoms with Crippen LogP contribution in [0.4, 0.5) is 0 Å². The number of rotatable bonds is 7. The Morgan fingerprint density at radius 3 is 2.62 bits per heavy atom. The highest BCUT2D eigenvalue weighted by molar-refractivity contribution is 5.98. The molecule has 7 nitrogen and oxygen atoms in total. The van der Waals surface area contributed by atoms with Gasteiger partial charge < -0.3 is 24.8 Å². The number of hydrogen-bond acceptors (Lipinski definition) is 6. The van der Waals surface area contributed by atoms with Crippen LogP contribution in [-0.2, 0) is 29.2 Å². The summed E-state index contributed by atoms with van der Waals surface area (Å²) in [6.07, 6.45) is 2.42. The Hall–Kier alpha value is -2.54. The normalized spacial score (nSPS) is 13.6. The smallest absolute Gasteiger partial charge is 0.342 e. The maximum atomic E-state index is 11.8. The minimum atomic E-state index is -0.883. The molecule has 7 heteroatoms. The number of phenols is 1. The van der Waals surface area contributed by atoms with Crippen molar-refractivity contribution in [3.63, 3.8) is 0 Å². The van der Waals surface area contributed by atoms with Crippen molar-refractivity contribution in [2.24, 2.45) is 0 Å². The van der Waals surface area contributed by atoms with Gasteiger partial charge in [0.05, 0.1) is 13.7 Å². The van der Waals surface area contributed by atoms with E-state index in [0.29, 0.717) is 28.9 Å². The Balaban J connectivity index is 2.42. The summed E-state index contributed by atoms with van der Waals surface area (Å²) in [5.41, 5.74) is 2.13. The lowest BCUT2D eigenvalue weighted by atomic mass is 9.94. The van der Waals surface area contributed by atoms with E-state index in [1.54, 1.807) is 13.0 Å². The van der Waals surface area contributed by atoms with Crippen molar-refractivity contribution in [1.82, 2.24) is 0 Å². The monoisotopic (exact) mass is 336 g/mol. The molecule has 3 N–H and O–H groups in total. The van der Waals surface area contributed by atoms with E-state index in [-0.39, 0.29) is 37.4 Å². The number of carboxylic acid groups (broad SMARTS) is 1. The summed E-state index contributed by atoms with van der Waals surface area (Å²) in [6, 6.07) is 0. The van der Waals surface area contributed by atoms with Crippen LogP contribution in [0.25, 0.3) is 0 Å². The first-order valence-corrected chi connectivity index (χ1v) is 7.49. The average Bonchev–Trinajstić information content (AvgIpc) is 2.93. The topological polar surface area (TPSA) is 113 Å². The number of carboxylic acids is 1. The first kappa shape index (κ1) is 17.8. The van der Waals surface area contributed by atoms with E-state index in [9.17, 15) is 19.8 Å². The van der Waals surface area contributed by atoms with Crippen LogP contribution in [0.3, 0.4) is 0 Å². The minimum Gasteiger partial charge on any atom is -0.507 e. The summed E-state index contributed by atoms with van der Waals surface area (Å²) in [5, 5.41) is 28.8. The van der Waals surface area contributed by atoms with Gasteiger partial charge in [-0.15, -0.1) is 0 Å². The second-order valence-electron chi connectivity index (χ2n) is 5.58. The van der Waals surface area contributed by atoms with Gasteiger partial charge in [0.2, 0.25) is 0 Å². The first-order chi connectivity index (χ1) is 11.4. The Morgan fingerprint density at radius 2 is 2.04 bits per heavy atom. The molecule has 0 bridgehead atoms. The lowest BCUT2D eigenvalue weighted by molar-refractivity contribution is -0.136. The van der Waals surface area contributed by atoms with E-state index in [1.165, 1.54) is 7.11 Å². The molecule has 0 saturated heterocycles. The Labute approximate surface area is 139 Å². The van der Waals surface area contributed by atoms with Gasteiger partial charge in [0.15, 0.2) is 0 Å². The fourth-order valence-corrected chi connectivity index (χ4v) is 2.75. The van der Waals surface area contributed by atoms with Gasteiger partial charge in [-0.3, -0.25) is 4.79 Å². The highest BCUT2D eigenvalue weighted by Gasteiger charge is 2.33. The first-order valence-electron chi connectivity index (χ1n) is 7.49. The van der Waals surface area contributed by atoms with E-state index < -0.39 is 11.9 Å². The summed E-state index contributed by atoms with van der Waals surface area (Å²) in [6.45, 7) is 1.43. The van der Waals surface area contributed by atoms with Gasteiger partial charge in [-0.1, -0.05) is 11.6 Å². The predicted octanol–water partition coefficient (Wildman–Crippen LogP) is 1.92. The van der Waals surface area contributed by atoms with Crippen molar-refractivity contribution >= 4 is 11.9 Å². The van der Waals surface area contributed by atoms with Crippen LogP contribution in [0, 0.1) is 0 Å². The highest BCUT2D eigenvalue weighted by atomic mass is 16.5. The van der Waals surface area contributed by atoms with E-state index in [0.717, 1.165) is 5.57 Å². The number of carbonyl (C=O) groups excluding carboxylic acids is 1.